The number of aliphatic hydroxyl groups excluding tert-OH is 1. The molecule has 0 spiro atoms. The number of hydrogen-bond donors (Lipinski definition) is 3. The van der Waals surface area contributed by atoms with E-state index in [1.54, 1.807) is 4.90 Å². The van der Waals surface area contributed by atoms with Crippen molar-refractivity contribution in [3.63, 3.8) is 0 Å². The summed E-state index contributed by atoms with van der Waals surface area (Å²) in [7, 11) is 0. The smallest absolute Gasteiger partial charge is 0.137 e. The average Bonchev–Trinajstić information content (AvgIpc) is 2.68. The molecule has 1 heterocycles. The van der Waals surface area contributed by atoms with Crippen LogP contribution in [0.4, 0.5) is 0 Å². The van der Waals surface area contributed by atoms with Gasteiger partial charge in [0.05, 0.1) is 19.1 Å². The van der Waals surface area contributed by atoms with Crippen molar-refractivity contribution in [3.05, 3.63) is 65.7 Å². The standard InChI is InChI=1S/C22H30N2O2/c1-18-7-5-6-10-22(18)26-17-21(25)15-23-20-11-13-24(14-12-20)16-19-8-3-2-4-9-19/h2-10,20-21,23,25H,11-17H2,1H3/p+2/t21-/m0/s1. The summed E-state index contributed by atoms with van der Waals surface area (Å²) in [6.45, 7) is 6.65. The second-order valence-electron chi connectivity index (χ2n) is 7.45. The van der Waals surface area contributed by atoms with Crippen LogP contribution in [-0.4, -0.2) is 43.5 Å². The van der Waals surface area contributed by atoms with Gasteiger partial charge in [-0.1, -0.05) is 48.5 Å². The van der Waals surface area contributed by atoms with Crippen LogP contribution in [0.5, 0.6) is 5.75 Å². The summed E-state index contributed by atoms with van der Waals surface area (Å²) in [6, 6.07) is 19.3. The lowest BCUT2D eigenvalue weighted by molar-refractivity contribution is -0.926. The fraction of sp³-hybridized carbons (Fsp3) is 0.455. The third kappa shape index (κ3) is 5.84. The summed E-state index contributed by atoms with van der Waals surface area (Å²) in [5.41, 5.74) is 2.53. The molecule has 3 rings (SSSR count). The Bertz CT molecular complexity index is 654. The molecule has 0 radical (unpaired) electrons. The van der Waals surface area contributed by atoms with Crippen molar-refractivity contribution in [1.29, 1.82) is 0 Å². The highest BCUT2D eigenvalue weighted by Crippen LogP contribution is 2.16. The summed E-state index contributed by atoms with van der Waals surface area (Å²) in [4.78, 5) is 1.67. The van der Waals surface area contributed by atoms with E-state index in [2.05, 4.69) is 35.6 Å². The molecule has 2 aromatic rings. The highest BCUT2D eigenvalue weighted by Gasteiger charge is 2.25. The van der Waals surface area contributed by atoms with Gasteiger partial charge in [0.15, 0.2) is 0 Å². The van der Waals surface area contributed by atoms with Crippen molar-refractivity contribution in [1.82, 2.24) is 0 Å². The van der Waals surface area contributed by atoms with Gasteiger partial charge in [-0.05, 0) is 18.6 Å². The molecule has 0 bridgehead atoms. The summed E-state index contributed by atoms with van der Waals surface area (Å²) >= 11 is 0. The van der Waals surface area contributed by atoms with Crippen LogP contribution < -0.4 is 15.0 Å². The van der Waals surface area contributed by atoms with Crippen molar-refractivity contribution >= 4 is 0 Å². The van der Waals surface area contributed by atoms with Gasteiger partial charge >= 0.3 is 0 Å². The van der Waals surface area contributed by atoms with Crippen LogP contribution in [0.3, 0.4) is 0 Å². The van der Waals surface area contributed by atoms with Gasteiger partial charge in [-0.25, -0.2) is 0 Å². The van der Waals surface area contributed by atoms with Gasteiger partial charge in [0.2, 0.25) is 0 Å². The van der Waals surface area contributed by atoms with Crippen molar-refractivity contribution in [3.8, 4) is 5.75 Å². The summed E-state index contributed by atoms with van der Waals surface area (Å²) < 4.78 is 5.75. The second kappa shape index (κ2) is 9.72. The number of hydrogen-bond acceptors (Lipinski definition) is 2. The normalized spacial score (nSPS) is 21.3. The van der Waals surface area contributed by atoms with Gasteiger partial charge in [-0.3, -0.25) is 0 Å². The first-order chi connectivity index (χ1) is 12.7. The molecule has 2 aromatic carbocycles. The predicted molar refractivity (Wildman–Crippen MR) is 103 cm³/mol. The number of rotatable bonds is 8. The molecular weight excluding hydrogens is 324 g/mol. The molecule has 26 heavy (non-hydrogen) atoms. The van der Waals surface area contributed by atoms with E-state index in [4.69, 9.17) is 4.74 Å². The maximum absolute atomic E-state index is 10.2. The van der Waals surface area contributed by atoms with Crippen LogP contribution in [0.2, 0.25) is 0 Å². The zero-order chi connectivity index (χ0) is 18.2. The van der Waals surface area contributed by atoms with Gasteiger partial charge in [0.25, 0.3) is 0 Å². The van der Waals surface area contributed by atoms with Crippen molar-refractivity contribution < 1.29 is 20.1 Å². The minimum Gasteiger partial charge on any atom is -0.490 e. The molecule has 0 unspecified atom stereocenters. The van der Waals surface area contributed by atoms with Crippen LogP contribution >= 0.6 is 0 Å². The number of aryl methyl sites for hydroxylation is 1. The molecule has 0 aliphatic carbocycles. The highest BCUT2D eigenvalue weighted by molar-refractivity contribution is 5.31. The van der Waals surface area contributed by atoms with Crippen LogP contribution in [0, 0.1) is 6.92 Å². The van der Waals surface area contributed by atoms with E-state index in [1.165, 1.54) is 31.5 Å². The molecule has 4 heteroatoms. The van der Waals surface area contributed by atoms with Gasteiger partial charge in [-0.2, -0.15) is 0 Å². The van der Waals surface area contributed by atoms with Gasteiger partial charge < -0.3 is 20.1 Å². The zero-order valence-corrected chi connectivity index (χ0v) is 15.7. The Morgan fingerprint density at radius 2 is 1.77 bits per heavy atom. The minimum atomic E-state index is -0.427. The van der Waals surface area contributed by atoms with Gasteiger partial charge in [-0.15, -0.1) is 0 Å². The number of nitrogens with one attached hydrogen (secondary N) is 1. The number of benzene rings is 2. The van der Waals surface area contributed by atoms with Crippen LogP contribution in [-0.2, 0) is 6.54 Å². The Balaban J connectivity index is 1.32. The van der Waals surface area contributed by atoms with E-state index >= 15 is 0 Å². The molecule has 4 nitrogen and oxygen atoms in total. The second-order valence-corrected chi connectivity index (χ2v) is 7.45. The van der Waals surface area contributed by atoms with E-state index in [0.717, 1.165) is 17.9 Å². The first kappa shape index (κ1) is 18.9. The number of likely N-dealkylation sites (tertiary alicyclic amines) is 1. The molecule has 1 aliphatic heterocycles. The molecule has 1 atom stereocenters. The lowest BCUT2D eigenvalue weighted by Crippen LogP contribution is -3.13. The van der Waals surface area contributed by atoms with E-state index in [0.29, 0.717) is 19.2 Å². The molecule has 4 N–H and O–H groups in total. The number of para-hydroxylation sites is 1. The fourth-order valence-corrected chi connectivity index (χ4v) is 3.67. The maximum Gasteiger partial charge on any atom is 0.137 e. The van der Waals surface area contributed by atoms with E-state index in [1.807, 2.05) is 31.2 Å². The Labute approximate surface area is 156 Å². The van der Waals surface area contributed by atoms with Gasteiger partial charge in [0.1, 0.15) is 31.5 Å². The number of aliphatic hydroxyl groups is 1. The van der Waals surface area contributed by atoms with Crippen molar-refractivity contribution in [2.45, 2.75) is 38.5 Å². The number of ether oxygens (including phenoxy) is 1. The lowest BCUT2D eigenvalue weighted by Gasteiger charge is -2.28. The zero-order valence-electron chi connectivity index (χ0n) is 15.7. The topological polar surface area (TPSA) is 50.5 Å². The Morgan fingerprint density at radius 1 is 1.08 bits per heavy atom. The molecule has 0 saturated carbocycles. The largest absolute Gasteiger partial charge is 0.490 e. The third-order valence-corrected chi connectivity index (χ3v) is 5.30. The highest BCUT2D eigenvalue weighted by atomic mass is 16.5. The van der Waals surface area contributed by atoms with E-state index in [9.17, 15) is 5.11 Å². The van der Waals surface area contributed by atoms with Crippen LogP contribution in [0.25, 0.3) is 0 Å². The molecular formula is C22H32N2O2+2. The van der Waals surface area contributed by atoms with E-state index < -0.39 is 6.10 Å². The number of quaternary nitrogens is 2. The summed E-state index contributed by atoms with van der Waals surface area (Å²) in [5, 5.41) is 12.5. The minimum absolute atomic E-state index is 0.361. The summed E-state index contributed by atoms with van der Waals surface area (Å²) in [6.07, 6.45) is 2.01. The van der Waals surface area contributed by atoms with Crippen molar-refractivity contribution in [2.24, 2.45) is 0 Å². The van der Waals surface area contributed by atoms with Crippen LogP contribution in [0.15, 0.2) is 54.6 Å². The monoisotopic (exact) mass is 356 g/mol. The fourth-order valence-electron chi connectivity index (χ4n) is 3.67. The molecule has 0 amide bonds. The van der Waals surface area contributed by atoms with Gasteiger partial charge in [0, 0.05) is 18.4 Å². The Kier molecular flexibility index (Phi) is 7.06. The quantitative estimate of drug-likeness (QED) is 0.647. The molecule has 1 fully saturated rings. The lowest BCUT2D eigenvalue weighted by atomic mass is 10.0. The number of nitrogens with two attached hydrogens (primary N) is 1. The Hall–Kier alpha value is -1.88. The summed E-state index contributed by atoms with van der Waals surface area (Å²) in [5.74, 6) is 0.865. The first-order valence-electron chi connectivity index (χ1n) is 9.78. The van der Waals surface area contributed by atoms with E-state index in [-0.39, 0.29) is 0 Å². The third-order valence-electron chi connectivity index (χ3n) is 5.30. The van der Waals surface area contributed by atoms with Crippen molar-refractivity contribution in [2.75, 3.05) is 26.2 Å². The molecule has 140 valence electrons. The SMILES string of the molecule is Cc1ccccc1OC[C@@H](O)C[NH2+]C1CC[NH+](Cc2ccccc2)CC1. The molecule has 0 aromatic heterocycles. The first-order valence-corrected chi connectivity index (χ1v) is 9.78. The number of piperidine rings is 1. The predicted octanol–water partition coefficient (Wildman–Crippen LogP) is 0.546. The van der Waals surface area contributed by atoms with Crippen LogP contribution in [0.1, 0.15) is 24.0 Å². The Morgan fingerprint density at radius 3 is 2.50 bits per heavy atom. The molecule has 1 aliphatic rings. The maximum atomic E-state index is 10.2. The molecule has 1 saturated heterocycles. The average molecular weight is 357 g/mol.